The van der Waals surface area contributed by atoms with Crippen molar-refractivity contribution in [1.82, 2.24) is 20.0 Å². The van der Waals surface area contributed by atoms with Crippen molar-refractivity contribution in [3.63, 3.8) is 0 Å². The molecular formula is C28H29ClF3N5O3S. The monoisotopic (exact) mass is 607 g/mol. The standard InChI is InChI=1S/C28H29ClF3N5O3S/c1-13-12-36(15(3)16-6-8-17(9-7-16)41(5,33)40)27(39)24-19-11-34-28(4,25(29)23(19)35-37(13)24)26(38)18-10-20(30)22(32)21(31)14(18)2/h6-10,13,15,25,33-34H,11-12H2,1-5H3. The van der Waals surface area contributed by atoms with Crippen LogP contribution < -0.4 is 5.32 Å². The van der Waals surface area contributed by atoms with Gasteiger partial charge < -0.3 is 4.90 Å². The van der Waals surface area contributed by atoms with Crippen LogP contribution in [0.5, 0.6) is 0 Å². The summed E-state index contributed by atoms with van der Waals surface area (Å²) in [5.74, 6) is -5.59. The normalized spacial score (nSPS) is 24.4. The molecule has 3 heterocycles. The number of Topliss-reactive ketones (excluding diaryl/α,β-unsaturated/α-hetero) is 1. The molecule has 0 bridgehead atoms. The van der Waals surface area contributed by atoms with E-state index in [1.165, 1.54) is 20.1 Å². The molecule has 1 aromatic heterocycles. The van der Waals surface area contributed by atoms with E-state index in [4.69, 9.17) is 16.4 Å². The Balaban J connectivity index is 1.49. The molecule has 0 spiro atoms. The van der Waals surface area contributed by atoms with Gasteiger partial charge in [0.2, 0.25) is 0 Å². The van der Waals surface area contributed by atoms with Crippen molar-refractivity contribution in [3.05, 3.63) is 81.4 Å². The Morgan fingerprint density at radius 1 is 1.24 bits per heavy atom. The van der Waals surface area contributed by atoms with Crippen LogP contribution in [0.15, 0.2) is 35.2 Å². The predicted octanol–water partition coefficient (Wildman–Crippen LogP) is 5.45. The van der Waals surface area contributed by atoms with Crippen molar-refractivity contribution >= 4 is 33.0 Å². The van der Waals surface area contributed by atoms with Gasteiger partial charge in [-0.25, -0.2) is 22.2 Å². The summed E-state index contributed by atoms with van der Waals surface area (Å²) in [6.07, 6.45) is 1.35. The van der Waals surface area contributed by atoms with Gasteiger partial charge in [0, 0.05) is 35.4 Å². The Bertz CT molecular complexity index is 1710. The molecule has 13 heteroatoms. The Hall–Kier alpha value is -3.22. The zero-order chi connectivity index (χ0) is 30.2. The zero-order valence-corrected chi connectivity index (χ0v) is 24.6. The largest absolute Gasteiger partial charge is 0.328 e. The molecule has 5 atom stereocenters. The summed E-state index contributed by atoms with van der Waals surface area (Å²) in [5.41, 5.74) is -0.266. The van der Waals surface area contributed by atoms with Gasteiger partial charge in [-0.2, -0.15) is 5.10 Å². The van der Waals surface area contributed by atoms with Gasteiger partial charge in [-0.3, -0.25) is 19.6 Å². The lowest BCUT2D eigenvalue weighted by atomic mass is 9.81. The third kappa shape index (κ3) is 4.56. The fraction of sp³-hybridized carbons (Fsp3) is 0.393. The fourth-order valence-corrected chi connectivity index (χ4v) is 6.55. The van der Waals surface area contributed by atoms with E-state index >= 15 is 0 Å². The first kappa shape index (κ1) is 29.3. The summed E-state index contributed by atoms with van der Waals surface area (Å²) in [6, 6.07) is 6.85. The molecule has 5 rings (SSSR count). The molecular weight excluding hydrogens is 579 g/mol. The number of halogens is 4. The van der Waals surface area contributed by atoms with E-state index in [0.29, 0.717) is 34.5 Å². The highest BCUT2D eigenvalue weighted by atomic mass is 35.5. The number of amides is 1. The number of rotatable bonds is 5. The minimum absolute atomic E-state index is 0.0328. The van der Waals surface area contributed by atoms with Crippen molar-refractivity contribution in [3.8, 4) is 0 Å². The molecule has 41 heavy (non-hydrogen) atoms. The lowest BCUT2D eigenvalue weighted by molar-refractivity contribution is 0.0585. The molecule has 218 valence electrons. The van der Waals surface area contributed by atoms with Gasteiger partial charge in [0.1, 0.15) is 16.6 Å². The first-order valence-corrected chi connectivity index (χ1v) is 15.3. The van der Waals surface area contributed by atoms with Gasteiger partial charge in [0.15, 0.2) is 23.2 Å². The molecule has 0 aliphatic carbocycles. The van der Waals surface area contributed by atoms with E-state index in [0.717, 1.165) is 5.56 Å². The number of hydrogen-bond acceptors (Lipinski definition) is 6. The summed E-state index contributed by atoms with van der Waals surface area (Å²) in [4.78, 5) is 29.5. The SMILES string of the molecule is Cc1c(C(=O)C2(C)NCc3c(nn4c3C(=O)N(C(C)c3ccc(S(C)(=N)=O)cc3)CC4C)C2Cl)cc(F)c(F)c1F. The van der Waals surface area contributed by atoms with Crippen molar-refractivity contribution < 1.29 is 27.0 Å². The summed E-state index contributed by atoms with van der Waals surface area (Å²) >= 11 is 6.84. The highest BCUT2D eigenvalue weighted by Gasteiger charge is 2.50. The van der Waals surface area contributed by atoms with Gasteiger partial charge in [-0.1, -0.05) is 12.1 Å². The number of carbonyl (C=O) groups excluding carboxylic acids is 2. The van der Waals surface area contributed by atoms with E-state index in [2.05, 4.69) is 10.4 Å². The first-order chi connectivity index (χ1) is 19.1. The average molecular weight is 608 g/mol. The third-order valence-corrected chi connectivity index (χ3v) is 9.98. The number of benzene rings is 2. The molecule has 2 aromatic carbocycles. The van der Waals surface area contributed by atoms with Crippen LogP contribution >= 0.6 is 11.6 Å². The fourth-order valence-electron chi connectivity index (χ4n) is 5.54. The van der Waals surface area contributed by atoms with Crippen molar-refractivity contribution in [2.24, 2.45) is 0 Å². The van der Waals surface area contributed by atoms with Crippen molar-refractivity contribution in [2.45, 2.75) is 62.1 Å². The number of nitrogens with zero attached hydrogens (tertiary/aromatic N) is 3. The van der Waals surface area contributed by atoms with Crippen LogP contribution in [0.2, 0.25) is 0 Å². The van der Waals surface area contributed by atoms with E-state index in [1.807, 2.05) is 13.8 Å². The molecule has 1 amide bonds. The number of alkyl halides is 1. The summed E-state index contributed by atoms with van der Waals surface area (Å²) in [7, 11) is -2.87. The minimum atomic E-state index is -2.87. The van der Waals surface area contributed by atoms with Crippen molar-refractivity contribution in [2.75, 3.05) is 12.8 Å². The molecule has 2 N–H and O–H groups in total. The van der Waals surface area contributed by atoms with Gasteiger partial charge in [-0.15, -0.1) is 11.6 Å². The third-order valence-electron chi connectivity index (χ3n) is 8.16. The maximum Gasteiger partial charge on any atom is 0.273 e. The van der Waals surface area contributed by atoms with E-state index in [1.54, 1.807) is 33.8 Å². The van der Waals surface area contributed by atoms with Crippen LogP contribution in [0.4, 0.5) is 13.2 Å². The summed E-state index contributed by atoms with van der Waals surface area (Å²) < 4.78 is 63.5. The van der Waals surface area contributed by atoms with E-state index in [-0.39, 0.29) is 35.7 Å². The van der Waals surface area contributed by atoms with Crippen LogP contribution in [0.3, 0.4) is 0 Å². The number of nitrogens with one attached hydrogen (secondary N) is 2. The maximum atomic E-state index is 14.3. The Morgan fingerprint density at radius 2 is 1.88 bits per heavy atom. The lowest BCUT2D eigenvalue weighted by Gasteiger charge is -2.38. The number of hydrogen-bond donors (Lipinski definition) is 2. The number of ketones is 1. The summed E-state index contributed by atoms with van der Waals surface area (Å²) in [6.45, 7) is 6.83. The van der Waals surface area contributed by atoms with Gasteiger partial charge in [-0.05, 0) is 57.0 Å². The second-order valence-electron chi connectivity index (χ2n) is 11.0. The van der Waals surface area contributed by atoms with Crippen LogP contribution in [-0.2, 0) is 16.3 Å². The second-order valence-corrected chi connectivity index (χ2v) is 13.6. The highest BCUT2D eigenvalue weighted by molar-refractivity contribution is 7.91. The Labute approximate surface area is 240 Å². The van der Waals surface area contributed by atoms with Crippen LogP contribution in [0.25, 0.3) is 0 Å². The van der Waals surface area contributed by atoms with Crippen LogP contribution in [0.1, 0.15) is 81.5 Å². The number of carbonyl (C=O) groups is 2. The first-order valence-electron chi connectivity index (χ1n) is 12.9. The molecule has 2 aliphatic heterocycles. The van der Waals surface area contributed by atoms with Gasteiger partial charge >= 0.3 is 0 Å². The highest BCUT2D eigenvalue weighted by Crippen LogP contribution is 2.43. The van der Waals surface area contributed by atoms with E-state index in [9.17, 15) is 27.0 Å². The average Bonchev–Trinajstić information content (AvgIpc) is 3.33. The quantitative estimate of drug-likeness (QED) is 0.228. The number of aromatic nitrogens is 2. The van der Waals surface area contributed by atoms with Crippen molar-refractivity contribution in [1.29, 1.82) is 4.78 Å². The van der Waals surface area contributed by atoms with Crippen LogP contribution in [0, 0.1) is 29.2 Å². The van der Waals surface area contributed by atoms with E-state index < -0.39 is 43.9 Å². The molecule has 8 nitrogen and oxygen atoms in total. The maximum absolute atomic E-state index is 14.3. The topological polar surface area (TPSA) is 108 Å². The van der Waals surface area contributed by atoms with Crippen LogP contribution in [-0.4, -0.2) is 48.9 Å². The summed E-state index contributed by atoms with van der Waals surface area (Å²) in [5, 5.41) is 6.58. The molecule has 0 saturated heterocycles. The minimum Gasteiger partial charge on any atom is -0.328 e. The van der Waals surface area contributed by atoms with Gasteiger partial charge in [0.25, 0.3) is 5.91 Å². The predicted molar refractivity (Wildman–Crippen MR) is 147 cm³/mol. The molecule has 2 aliphatic rings. The molecule has 0 radical (unpaired) electrons. The zero-order valence-electron chi connectivity index (χ0n) is 23.0. The Morgan fingerprint density at radius 3 is 2.49 bits per heavy atom. The number of fused-ring (bicyclic) bond motifs is 3. The molecule has 5 unspecified atom stereocenters. The molecule has 3 aromatic rings. The molecule has 0 fully saturated rings. The smallest absolute Gasteiger partial charge is 0.273 e. The van der Waals surface area contributed by atoms with Gasteiger partial charge in [0.05, 0.1) is 27.5 Å². The second kappa shape index (κ2) is 9.95. The Kier molecular flexibility index (Phi) is 7.11. The molecule has 0 saturated carbocycles. The lowest BCUT2D eigenvalue weighted by Crippen LogP contribution is -2.55.